The Morgan fingerprint density at radius 2 is 2.00 bits per heavy atom. The van der Waals surface area contributed by atoms with E-state index >= 15 is 0 Å². The Bertz CT molecular complexity index is 547. The van der Waals surface area contributed by atoms with Crippen LogP contribution in [0.15, 0.2) is 18.2 Å². The number of carboxylic acid groups (broad SMARTS) is 1. The van der Waals surface area contributed by atoms with Crippen LogP contribution in [0.1, 0.15) is 15.2 Å². The lowest BCUT2D eigenvalue weighted by Crippen LogP contribution is -2.41. The first-order valence-corrected chi connectivity index (χ1v) is 5.46. The lowest BCUT2D eigenvalue weighted by Gasteiger charge is -2.14. The number of hydrogen-bond donors (Lipinski definition) is 2. The number of ether oxygens (including phenoxy) is 2. The average Bonchev–Trinajstić information content (AvgIpc) is 2.43. The lowest BCUT2D eigenvalue weighted by molar-refractivity contribution is -0.141. The summed E-state index contributed by atoms with van der Waals surface area (Å²) in [5.74, 6) is -1.44. The largest absolute Gasteiger partial charge is 0.493 e. The molecule has 1 amide bonds. The van der Waals surface area contributed by atoms with Gasteiger partial charge in [0.05, 0.1) is 14.2 Å². The number of nitrogens with one attached hydrogen (secondary N) is 1. The summed E-state index contributed by atoms with van der Waals surface area (Å²) in [6.45, 7) is 1.13. The summed E-state index contributed by atoms with van der Waals surface area (Å²) in [5, 5.41) is 11.2. The third-order valence-corrected chi connectivity index (χ3v) is 2.29. The van der Waals surface area contributed by atoms with Crippen LogP contribution < -0.4 is 14.8 Å². The van der Waals surface area contributed by atoms with E-state index in [4.69, 9.17) is 17.3 Å². The van der Waals surface area contributed by atoms with Crippen molar-refractivity contribution in [1.29, 1.82) is 0 Å². The van der Waals surface area contributed by atoms with Gasteiger partial charge in [-0.2, -0.15) is 0 Å². The second-order valence-corrected chi connectivity index (χ2v) is 3.69. The highest BCUT2D eigenvalue weighted by Gasteiger charge is 2.19. The Balaban J connectivity index is 3.26. The summed E-state index contributed by atoms with van der Waals surface area (Å²) < 4.78 is 26.2. The fraction of sp³-hybridized carbons (Fsp3) is 0.385. The van der Waals surface area contributed by atoms with E-state index in [0.29, 0.717) is 5.75 Å². The number of aliphatic carboxylic acids is 1. The maximum atomic E-state index is 11.2. The number of amides is 1. The number of benzene rings is 1. The molecule has 2 N–H and O–H groups in total. The van der Waals surface area contributed by atoms with Gasteiger partial charge in [-0.3, -0.25) is 4.79 Å². The van der Waals surface area contributed by atoms with Crippen LogP contribution in [0.25, 0.3) is 0 Å². The fourth-order valence-electron chi connectivity index (χ4n) is 1.46. The predicted octanol–water partition coefficient (Wildman–Crippen LogP) is 0.836. The Labute approximate surface area is 114 Å². The number of methoxy groups -OCH3 is 2. The van der Waals surface area contributed by atoms with E-state index in [1.165, 1.54) is 32.4 Å². The predicted molar refractivity (Wildman–Crippen MR) is 68.5 cm³/mol. The molecule has 0 radical (unpaired) electrons. The van der Waals surface area contributed by atoms with Crippen molar-refractivity contribution >= 4 is 11.9 Å². The second kappa shape index (κ2) is 6.63. The highest BCUT2D eigenvalue weighted by molar-refractivity contribution is 5.82. The van der Waals surface area contributed by atoms with Crippen LogP contribution in [-0.2, 0) is 16.0 Å². The normalized spacial score (nSPS) is 13.8. The summed E-state index contributed by atoms with van der Waals surface area (Å²) in [4.78, 5) is 22.3. The third kappa shape index (κ3) is 4.17. The van der Waals surface area contributed by atoms with Crippen molar-refractivity contribution in [3.63, 3.8) is 0 Å². The molecular formula is C13H17NO5. The zero-order valence-electron chi connectivity index (χ0n) is 12.9. The molecule has 0 saturated carbocycles. The van der Waals surface area contributed by atoms with Crippen LogP contribution in [0, 0.1) is 0 Å². The Morgan fingerprint density at radius 3 is 2.47 bits per heavy atom. The second-order valence-electron chi connectivity index (χ2n) is 3.69. The lowest BCUT2D eigenvalue weighted by atomic mass is 10.1. The highest BCUT2D eigenvalue weighted by Crippen LogP contribution is 2.27. The van der Waals surface area contributed by atoms with Gasteiger partial charge in [0.1, 0.15) is 6.04 Å². The molecule has 0 heterocycles. The SMILES string of the molecule is [2H]C([2H])(c1ccc(OC)c(OC)c1)C(NC(C)=O)C(=O)O. The van der Waals surface area contributed by atoms with Gasteiger partial charge >= 0.3 is 5.97 Å². The van der Waals surface area contributed by atoms with Crippen molar-refractivity contribution in [2.24, 2.45) is 0 Å². The Kier molecular flexibility index (Phi) is 4.13. The van der Waals surface area contributed by atoms with Gasteiger partial charge in [-0.25, -0.2) is 4.79 Å². The highest BCUT2D eigenvalue weighted by atomic mass is 16.5. The first kappa shape index (κ1) is 11.8. The molecule has 0 aliphatic rings. The maximum Gasteiger partial charge on any atom is 0.326 e. The number of rotatable bonds is 6. The van der Waals surface area contributed by atoms with E-state index in [-0.39, 0.29) is 11.3 Å². The molecule has 0 aliphatic carbocycles. The van der Waals surface area contributed by atoms with Crippen LogP contribution in [-0.4, -0.2) is 37.2 Å². The van der Waals surface area contributed by atoms with Crippen LogP contribution in [0.4, 0.5) is 0 Å². The molecule has 19 heavy (non-hydrogen) atoms. The quantitative estimate of drug-likeness (QED) is 0.799. The zero-order valence-corrected chi connectivity index (χ0v) is 10.9. The third-order valence-electron chi connectivity index (χ3n) is 2.29. The molecule has 0 aliphatic heterocycles. The van der Waals surface area contributed by atoms with Crippen molar-refractivity contribution in [3.8, 4) is 11.5 Å². The maximum absolute atomic E-state index is 11.2. The van der Waals surface area contributed by atoms with Crippen molar-refractivity contribution in [1.82, 2.24) is 5.32 Å². The molecule has 1 unspecified atom stereocenters. The van der Waals surface area contributed by atoms with Gasteiger partial charge in [0, 0.05) is 16.0 Å². The Morgan fingerprint density at radius 1 is 1.37 bits per heavy atom. The first-order valence-electron chi connectivity index (χ1n) is 6.46. The monoisotopic (exact) mass is 269 g/mol. The van der Waals surface area contributed by atoms with E-state index in [0.717, 1.165) is 6.92 Å². The van der Waals surface area contributed by atoms with E-state index in [9.17, 15) is 9.59 Å². The number of carbonyl (C=O) groups excluding carboxylic acids is 1. The Hall–Kier alpha value is -2.24. The van der Waals surface area contributed by atoms with Crippen LogP contribution in [0.3, 0.4) is 0 Å². The van der Waals surface area contributed by atoms with E-state index < -0.39 is 24.3 Å². The fourth-order valence-corrected chi connectivity index (χ4v) is 1.46. The van der Waals surface area contributed by atoms with Crippen molar-refractivity contribution in [2.75, 3.05) is 14.2 Å². The molecular weight excluding hydrogens is 250 g/mol. The molecule has 0 fully saturated rings. The molecule has 1 rings (SSSR count). The smallest absolute Gasteiger partial charge is 0.326 e. The minimum atomic E-state index is -2.32. The molecule has 1 aromatic rings. The molecule has 0 saturated heterocycles. The van der Waals surface area contributed by atoms with Crippen molar-refractivity contribution in [3.05, 3.63) is 23.8 Å². The van der Waals surface area contributed by atoms with E-state index in [1.807, 2.05) is 0 Å². The van der Waals surface area contributed by atoms with Gasteiger partial charge in [-0.15, -0.1) is 0 Å². The summed E-state index contributed by atoms with van der Waals surface area (Å²) in [7, 11) is 2.82. The molecule has 1 aromatic carbocycles. The molecule has 1 atom stereocenters. The first-order chi connectivity index (χ1) is 9.73. The topological polar surface area (TPSA) is 84.9 Å². The van der Waals surface area contributed by atoms with Crippen molar-refractivity contribution < 1.29 is 26.9 Å². The molecule has 0 spiro atoms. The molecule has 104 valence electrons. The minimum absolute atomic E-state index is 0.0568. The zero-order chi connectivity index (χ0) is 16.2. The summed E-state index contributed by atoms with van der Waals surface area (Å²) in [6, 6.07) is 2.49. The van der Waals surface area contributed by atoms with Crippen LogP contribution >= 0.6 is 0 Å². The van der Waals surface area contributed by atoms with Crippen molar-refractivity contribution in [2.45, 2.75) is 19.3 Å². The van der Waals surface area contributed by atoms with E-state index in [1.54, 1.807) is 0 Å². The average molecular weight is 269 g/mol. The van der Waals surface area contributed by atoms with Crippen LogP contribution in [0.2, 0.25) is 0 Å². The van der Waals surface area contributed by atoms with Crippen LogP contribution in [0.5, 0.6) is 11.5 Å². The van der Waals surface area contributed by atoms with Gasteiger partial charge in [0.15, 0.2) is 11.5 Å². The van der Waals surface area contributed by atoms with Gasteiger partial charge < -0.3 is 19.9 Å². The number of carboxylic acids is 1. The number of hydrogen-bond acceptors (Lipinski definition) is 4. The van der Waals surface area contributed by atoms with E-state index in [2.05, 4.69) is 5.32 Å². The van der Waals surface area contributed by atoms with Gasteiger partial charge in [0.25, 0.3) is 0 Å². The standard InChI is InChI=1S/C13H17NO5/c1-8(15)14-10(13(16)17)6-9-4-5-11(18-2)12(7-9)19-3/h4-5,7,10H,6H2,1-3H3,(H,14,15)(H,16,17)/i6D2. The molecule has 0 bridgehead atoms. The summed E-state index contributed by atoms with van der Waals surface area (Å²) in [6.07, 6.45) is -2.32. The van der Waals surface area contributed by atoms with Gasteiger partial charge in [-0.1, -0.05) is 6.07 Å². The molecule has 6 heteroatoms. The molecule has 6 nitrogen and oxygen atoms in total. The van der Waals surface area contributed by atoms with Gasteiger partial charge in [-0.05, 0) is 17.7 Å². The number of carbonyl (C=O) groups is 2. The van der Waals surface area contributed by atoms with Gasteiger partial charge in [0.2, 0.25) is 5.91 Å². The summed E-state index contributed by atoms with van der Waals surface area (Å²) >= 11 is 0. The molecule has 0 aromatic heterocycles. The minimum Gasteiger partial charge on any atom is -0.493 e. The summed E-state index contributed by atoms with van der Waals surface area (Å²) in [5.41, 5.74) is 0.0568.